The van der Waals surface area contributed by atoms with E-state index < -0.39 is 5.97 Å². The third kappa shape index (κ3) is 3.38. The highest BCUT2D eigenvalue weighted by Gasteiger charge is 2.18. The first-order valence-electron chi connectivity index (χ1n) is 8.32. The second-order valence-corrected chi connectivity index (χ2v) is 7.03. The van der Waals surface area contributed by atoms with Gasteiger partial charge in [0.15, 0.2) is 16.3 Å². The molecule has 0 spiro atoms. The van der Waals surface area contributed by atoms with E-state index in [2.05, 4.69) is 30.2 Å². The van der Waals surface area contributed by atoms with Crippen molar-refractivity contribution in [1.82, 2.24) is 29.8 Å². The van der Waals surface area contributed by atoms with Crippen molar-refractivity contribution < 1.29 is 9.90 Å². The number of carboxylic acid groups (broad SMARTS) is 1. The van der Waals surface area contributed by atoms with E-state index in [9.17, 15) is 9.59 Å². The molecule has 4 heterocycles. The summed E-state index contributed by atoms with van der Waals surface area (Å²) in [5, 5.41) is 13.2. The molecule has 3 aromatic heterocycles. The average molecular weight is 387 g/mol. The monoisotopic (exact) mass is 387 g/mol. The van der Waals surface area contributed by atoms with E-state index in [4.69, 9.17) is 5.11 Å². The number of nitrogens with zero attached hydrogens (tertiary/aromatic N) is 5. The van der Waals surface area contributed by atoms with Crippen LogP contribution in [0.25, 0.3) is 11.2 Å². The van der Waals surface area contributed by atoms with Gasteiger partial charge in [0, 0.05) is 39.4 Å². The van der Waals surface area contributed by atoms with Crippen LogP contribution in [0.15, 0.2) is 33.3 Å². The number of pyridine rings is 1. The minimum absolute atomic E-state index is 0.101. The number of piperazine rings is 1. The summed E-state index contributed by atoms with van der Waals surface area (Å²) >= 11 is 1.18. The lowest BCUT2D eigenvalue weighted by Crippen LogP contribution is -2.44. The molecule has 0 amide bonds. The van der Waals surface area contributed by atoms with E-state index in [1.54, 1.807) is 13.1 Å². The van der Waals surface area contributed by atoms with Gasteiger partial charge in [-0.05, 0) is 23.9 Å². The molecule has 10 nitrogen and oxygen atoms in total. The van der Waals surface area contributed by atoms with Crippen molar-refractivity contribution in [1.29, 1.82) is 0 Å². The number of fused-ring (bicyclic) bond motifs is 1. The molecule has 0 unspecified atom stereocenters. The van der Waals surface area contributed by atoms with Crippen LogP contribution in [0.3, 0.4) is 0 Å². The predicted octanol–water partition coefficient (Wildman–Crippen LogP) is 0.311. The molecule has 3 aromatic rings. The van der Waals surface area contributed by atoms with Crippen molar-refractivity contribution in [2.45, 2.75) is 10.2 Å². The maximum atomic E-state index is 12.7. The number of carbonyl (C=O) groups is 1. The molecule has 1 fully saturated rings. The molecule has 0 radical (unpaired) electrons. The van der Waals surface area contributed by atoms with Gasteiger partial charge in [-0.15, -0.1) is 0 Å². The minimum Gasteiger partial charge on any atom is -0.478 e. The van der Waals surface area contributed by atoms with Crippen LogP contribution >= 0.6 is 11.8 Å². The van der Waals surface area contributed by atoms with Crippen molar-refractivity contribution in [2.24, 2.45) is 7.05 Å². The normalized spacial score (nSPS) is 14.6. The van der Waals surface area contributed by atoms with Crippen LogP contribution in [0.4, 0.5) is 5.95 Å². The lowest BCUT2D eigenvalue weighted by molar-refractivity contribution is 0.0696. The van der Waals surface area contributed by atoms with Crippen LogP contribution in [-0.2, 0) is 7.05 Å². The Labute approximate surface area is 157 Å². The lowest BCUT2D eigenvalue weighted by atomic mass is 10.3. The SMILES string of the molecule is Cn1c(Sc2ccc(C(=O)O)cn2)nc2nc(N3CCNCC3)[nH]c2c1=O. The van der Waals surface area contributed by atoms with Gasteiger partial charge < -0.3 is 20.3 Å². The molecule has 1 aliphatic rings. The van der Waals surface area contributed by atoms with Gasteiger partial charge in [-0.3, -0.25) is 9.36 Å². The number of anilines is 1. The summed E-state index contributed by atoms with van der Waals surface area (Å²) in [5.41, 5.74) is 0.601. The quantitative estimate of drug-likeness (QED) is 0.542. The summed E-state index contributed by atoms with van der Waals surface area (Å²) in [6.45, 7) is 3.34. The van der Waals surface area contributed by atoms with Crippen LogP contribution in [-0.4, -0.2) is 61.8 Å². The zero-order valence-electron chi connectivity index (χ0n) is 14.5. The highest BCUT2D eigenvalue weighted by Crippen LogP contribution is 2.24. The molecular weight excluding hydrogens is 370 g/mol. The molecule has 27 heavy (non-hydrogen) atoms. The maximum absolute atomic E-state index is 12.7. The number of carboxylic acids is 1. The fraction of sp³-hybridized carbons (Fsp3) is 0.312. The van der Waals surface area contributed by atoms with Gasteiger partial charge in [0.05, 0.1) is 5.56 Å². The molecule has 0 saturated carbocycles. The van der Waals surface area contributed by atoms with Gasteiger partial charge in [0.1, 0.15) is 5.03 Å². The molecule has 1 saturated heterocycles. The zero-order chi connectivity index (χ0) is 19.0. The van der Waals surface area contributed by atoms with E-state index in [1.165, 1.54) is 28.6 Å². The van der Waals surface area contributed by atoms with Gasteiger partial charge in [0.25, 0.3) is 5.56 Å². The second-order valence-electron chi connectivity index (χ2n) is 6.05. The first kappa shape index (κ1) is 17.5. The number of rotatable bonds is 4. The molecule has 0 aliphatic carbocycles. The molecule has 4 rings (SSSR count). The summed E-state index contributed by atoms with van der Waals surface area (Å²) in [4.78, 5) is 41.9. The molecule has 0 aromatic carbocycles. The van der Waals surface area contributed by atoms with Crippen molar-refractivity contribution in [2.75, 3.05) is 31.1 Å². The number of hydrogen-bond donors (Lipinski definition) is 3. The summed E-state index contributed by atoms with van der Waals surface area (Å²) in [5.74, 6) is -0.398. The van der Waals surface area contributed by atoms with Crippen molar-refractivity contribution >= 4 is 34.8 Å². The van der Waals surface area contributed by atoms with Gasteiger partial charge in [-0.25, -0.2) is 14.8 Å². The number of H-pyrrole nitrogens is 1. The maximum Gasteiger partial charge on any atom is 0.337 e. The molecule has 3 N–H and O–H groups in total. The zero-order valence-corrected chi connectivity index (χ0v) is 15.3. The highest BCUT2D eigenvalue weighted by molar-refractivity contribution is 7.99. The van der Waals surface area contributed by atoms with Crippen LogP contribution in [0.2, 0.25) is 0 Å². The van der Waals surface area contributed by atoms with E-state index in [-0.39, 0.29) is 11.1 Å². The van der Waals surface area contributed by atoms with Gasteiger partial charge in [-0.2, -0.15) is 4.98 Å². The Kier molecular flexibility index (Phi) is 4.54. The molecule has 0 bridgehead atoms. The minimum atomic E-state index is -1.04. The average Bonchev–Trinajstić information content (AvgIpc) is 3.11. The van der Waals surface area contributed by atoms with E-state index >= 15 is 0 Å². The summed E-state index contributed by atoms with van der Waals surface area (Å²) in [6.07, 6.45) is 1.28. The number of aromatic carboxylic acids is 1. The third-order valence-electron chi connectivity index (χ3n) is 4.27. The van der Waals surface area contributed by atoms with Gasteiger partial charge in [-0.1, -0.05) is 0 Å². The lowest BCUT2D eigenvalue weighted by Gasteiger charge is -2.26. The number of imidazole rings is 1. The van der Waals surface area contributed by atoms with Crippen molar-refractivity contribution in [3.8, 4) is 0 Å². The fourth-order valence-electron chi connectivity index (χ4n) is 2.78. The number of aromatic amines is 1. The first-order valence-corrected chi connectivity index (χ1v) is 9.14. The fourth-order valence-corrected chi connectivity index (χ4v) is 3.56. The molecular formula is C16H17N7O3S. The Morgan fingerprint density at radius 1 is 1.26 bits per heavy atom. The van der Waals surface area contributed by atoms with Gasteiger partial charge in [0.2, 0.25) is 5.95 Å². The number of nitrogens with one attached hydrogen (secondary N) is 2. The second kappa shape index (κ2) is 7.00. The van der Waals surface area contributed by atoms with Crippen molar-refractivity contribution in [3.05, 3.63) is 34.2 Å². The van der Waals surface area contributed by atoms with Crippen molar-refractivity contribution in [3.63, 3.8) is 0 Å². The Bertz CT molecular complexity index is 1050. The number of aromatic nitrogens is 5. The Morgan fingerprint density at radius 3 is 2.70 bits per heavy atom. The topological polar surface area (TPSA) is 129 Å². The first-order chi connectivity index (χ1) is 13.0. The summed E-state index contributed by atoms with van der Waals surface area (Å²) in [7, 11) is 1.63. The van der Waals surface area contributed by atoms with Gasteiger partial charge >= 0.3 is 5.97 Å². The summed E-state index contributed by atoms with van der Waals surface area (Å²) < 4.78 is 1.43. The standard InChI is InChI=1S/C16H17N7O3S/c1-22-13(24)11-12(20-15(19-11)23-6-4-17-5-7-23)21-16(22)27-10-3-2-9(8-18-10)14(25)26/h2-3,8,17H,4-7H2,1H3,(H,19,20)(H,25,26). The van der Waals surface area contributed by atoms with Crippen LogP contribution < -0.4 is 15.8 Å². The summed E-state index contributed by atoms with van der Waals surface area (Å²) in [6, 6.07) is 3.05. The van der Waals surface area contributed by atoms with Crippen LogP contribution in [0.1, 0.15) is 10.4 Å². The molecule has 11 heteroatoms. The van der Waals surface area contributed by atoms with Crippen LogP contribution in [0.5, 0.6) is 0 Å². The van der Waals surface area contributed by atoms with E-state index in [1.807, 2.05) is 0 Å². The predicted molar refractivity (Wildman–Crippen MR) is 99.5 cm³/mol. The largest absolute Gasteiger partial charge is 0.478 e. The number of hydrogen-bond acceptors (Lipinski definition) is 8. The Hall–Kier alpha value is -2.92. The highest BCUT2D eigenvalue weighted by atomic mass is 32.2. The Morgan fingerprint density at radius 2 is 2.04 bits per heavy atom. The molecule has 1 aliphatic heterocycles. The van der Waals surface area contributed by atoms with E-state index in [0.717, 1.165) is 26.2 Å². The van der Waals surface area contributed by atoms with Crippen LogP contribution in [0, 0.1) is 0 Å². The molecule has 140 valence electrons. The molecule has 0 atom stereocenters. The smallest absolute Gasteiger partial charge is 0.337 e. The van der Waals surface area contributed by atoms with E-state index in [0.29, 0.717) is 27.3 Å². The third-order valence-corrected chi connectivity index (χ3v) is 5.27. The Balaban J connectivity index is 1.67.